The third-order valence-electron chi connectivity index (χ3n) is 6.68. The highest BCUT2D eigenvalue weighted by Gasteiger charge is 2.51. The summed E-state index contributed by atoms with van der Waals surface area (Å²) in [5.41, 5.74) is 0. The van der Waals surface area contributed by atoms with Gasteiger partial charge < -0.3 is 0 Å². The van der Waals surface area contributed by atoms with Crippen molar-refractivity contribution in [2.75, 3.05) is 0 Å². The maximum absolute atomic E-state index is 1.64. The van der Waals surface area contributed by atoms with E-state index < -0.39 is 0 Å². The third-order valence-corrected chi connectivity index (χ3v) is 6.68. The lowest BCUT2D eigenvalue weighted by Crippen LogP contribution is -2.29. The Balaban J connectivity index is 1.57. The Bertz CT molecular complexity index is 261. The van der Waals surface area contributed by atoms with E-state index in [0.29, 0.717) is 0 Å². The second-order valence-electron chi connectivity index (χ2n) is 7.30. The van der Waals surface area contributed by atoms with Crippen LogP contribution >= 0.6 is 0 Å². The van der Waals surface area contributed by atoms with Gasteiger partial charge in [-0.1, -0.05) is 75.2 Å². The highest BCUT2D eigenvalue weighted by atomic mass is 14.4. The molecule has 0 unspecified atom stereocenters. The molecule has 5 atom stereocenters. The highest BCUT2D eigenvalue weighted by Crippen LogP contribution is 2.61. The van der Waals surface area contributed by atoms with E-state index in [0.717, 1.165) is 17.6 Å². The van der Waals surface area contributed by atoms with Crippen LogP contribution in [0.3, 0.4) is 0 Å². The molecule has 0 aromatic heterocycles. The van der Waals surface area contributed by atoms with E-state index in [2.05, 4.69) is 0 Å². The minimum absolute atomic E-state index is 1.16. The standard InChI is InChI=1S/C15H25B/c1-2-4-14-8-7-13(3-1)16(14)15-10-11-5-6-12(15)9-11/h11-15H,1-10H2/t11-,12+,13-,14+,15+/m0/s1. The van der Waals surface area contributed by atoms with E-state index in [-0.39, 0.29) is 0 Å². The minimum atomic E-state index is 1.16. The van der Waals surface area contributed by atoms with Crippen LogP contribution in [0.25, 0.3) is 0 Å². The van der Waals surface area contributed by atoms with Gasteiger partial charge >= 0.3 is 0 Å². The fourth-order valence-corrected chi connectivity index (χ4v) is 6.15. The number of hydrogen-bond donors (Lipinski definition) is 0. The topological polar surface area (TPSA) is 0 Å². The van der Waals surface area contributed by atoms with Crippen molar-refractivity contribution in [3.63, 3.8) is 0 Å². The van der Waals surface area contributed by atoms with Crippen LogP contribution in [-0.2, 0) is 0 Å². The molecule has 4 rings (SSSR count). The van der Waals surface area contributed by atoms with Gasteiger partial charge in [-0.3, -0.25) is 0 Å². The molecule has 0 aromatic carbocycles. The molecule has 1 heteroatoms. The van der Waals surface area contributed by atoms with Crippen LogP contribution in [0.5, 0.6) is 0 Å². The van der Waals surface area contributed by atoms with E-state index in [1.54, 1.807) is 64.2 Å². The molecule has 0 N–H and O–H groups in total. The molecule has 0 radical (unpaired) electrons. The molecule has 16 heavy (non-hydrogen) atoms. The quantitative estimate of drug-likeness (QED) is 0.553. The Kier molecular flexibility index (Phi) is 2.37. The van der Waals surface area contributed by atoms with Crippen molar-refractivity contribution in [3.8, 4) is 0 Å². The van der Waals surface area contributed by atoms with Gasteiger partial charge in [0.15, 0.2) is 0 Å². The van der Waals surface area contributed by atoms with Crippen molar-refractivity contribution >= 4 is 6.71 Å². The molecule has 0 spiro atoms. The number of rotatable bonds is 1. The summed E-state index contributed by atoms with van der Waals surface area (Å²) in [4.78, 5) is 0. The lowest BCUT2D eigenvalue weighted by molar-refractivity contribution is 0.467. The molecule has 2 saturated heterocycles. The van der Waals surface area contributed by atoms with Gasteiger partial charge in [-0.05, 0) is 18.3 Å². The van der Waals surface area contributed by atoms with Crippen LogP contribution in [0.4, 0.5) is 0 Å². The normalized spacial score (nSPS) is 51.0. The first kappa shape index (κ1) is 10.0. The minimum Gasteiger partial charge on any atom is -0.0617 e. The van der Waals surface area contributed by atoms with Gasteiger partial charge in [0.2, 0.25) is 0 Å². The van der Waals surface area contributed by atoms with Gasteiger partial charge in [0.05, 0.1) is 0 Å². The van der Waals surface area contributed by atoms with Crippen LogP contribution in [0.2, 0.25) is 17.5 Å². The predicted molar refractivity (Wildman–Crippen MR) is 70.2 cm³/mol. The van der Waals surface area contributed by atoms with Gasteiger partial charge in [-0.2, -0.15) is 0 Å². The monoisotopic (exact) mass is 216 g/mol. The molecule has 2 heterocycles. The molecule has 0 amide bonds. The summed E-state index contributed by atoms with van der Waals surface area (Å²) in [6, 6.07) is 0. The van der Waals surface area contributed by atoms with Crippen molar-refractivity contribution in [3.05, 3.63) is 0 Å². The summed E-state index contributed by atoms with van der Waals surface area (Å²) in [5.74, 6) is 5.86. The zero-order chi connectivity index (χ0) is 10.5. The first-order chi connectivity index (χ1) is 7.92. The Labute approximate surface area is 101 Å². The average molecular weight is 216 g/mol. The summed E-state index contributed by atoms with van der Waals surface area (Å²) in [5, 5.41) is 0. The van der Waals surface area contributed by atoms with Crippen molar-refractivity contribution < 1.29 is 0 Å². The Morgan fingerprint density at radius 1 is 0.688 bits per heavy atom. The first-order valence-corrected chi connectivity index (χ1v) is 7.92. The zero-order valence-electron chi connectivity index (χ0n) is 10.5. The molecule has 4 bridgehead atoms. The Morgan fingerprint density at radius 3 is 2.00 bits per heavy atom. The van der Waals surface area contributed by atoms with E-state index in [1.807, 2.05) is 0 Å². The highest BCUT2D eigenvalue weighted by molar-refractivity contribution is 6.64. The fourth-order valence-electron chi connectivity index (χ4n) is 6.15. The van der Waals surface area contributed by atoms with Crippen molar-refractivity contribution in [2.45, 2.75) is 81.7 Å². The van der Waals surface area contributed by atoms with Gasteiger partial charge in [0.1, 0.15) is 6.71 Å². The molecule has 2 aliphatic carbocycles. The molecular weight excluding hydrogens is 191 g/mol. The van der Waals surface area contributed by atoms with Crippen molar-refractivity contribution in [2.24, 2.45) is 11.8 Å². The second kappa shape index (κ2) is 3.78. The molecule has 2 aliphatic heterocycles. The summed E-state index contributed by atoms with van der Waals surface area (Å²) in [7, 11) is 0. The molecule has 4 fully saturated rings. The van der Waals surface area contributed by atoms with Gasteiger partial charge in [0.25, 0.3) is 0 Å². The smallest absolute Gasteiger partial charge is 0.0617 e. The summed E-state index contributed by atoms with van der Waals surface area (Å²) in [6.07, 6.45) is 15.9. The Morgan fingerprint density at radius 2 is 1.44 bits per heavy atom. The van der Waals surface area contributed by atoms with Crippen LogP contribution in [0, 0.1) is 11.8 Å². The molecule has 88 valence electrons. The lowest BCUT2D eigenvalue weighted by Gasteiger charge is -2.31. The second-order valence-corrected chi connectivity index (χ2v) is 7.30. The largest absolute Gasteiger partial charge is 0.149 e. The molecule has 0 nitrogen and oxygen atoms in total. The van der Waals surface area contributed by atoms with Crippen molar-refractivity contribution in [1.82, 2.24) is 0 Å². The van der Waals surface area contributed by atoms with E-state index in [1.165, 1.54) is 18.4 Å². The van der Waals surface area contributed by atoms with E-state index >= 15 is 0 Å². The maximum Gasteiger partial charge on any atom is 0.149 e. The van der Waals surface area contributed by atoms with Gasteiger partial charge in [-0.25, -0.2) is 0 Å². The first-order valence-electron chi connectivity index (χ1n) is 7.92. The van der Waals surface area contributed by atoms with Crippen LogP contribution in [0.15, 0.2) is 0 Å². The molecule has 2 saturated carbocycles. The number of fused-ring (bicyclic) bond motifs is 4. The predicted octanol–water partition coefficient (Wildman–Crippen LogP) is 4.78. The molecule has 4 aliphatic rings. The lowest BCUT2D eigenvalue weighted by atomic mass is 9.28. The van der Waals surface area contributed by atoms with Crippen LogP contribution < -0.4 is 0 Å². The molecular formula is C15H25B. The van der Waals surface area contributed by atoms with Crippen LogP contribution in [0.1, 0.15) is 64.2 Å². The SMILES string of the molecule is C1CC[C@H]2CC[C@@H](C1)B2[C@@H]1C[C@H]2CC[C@@H]1C2. The number of hydrogen-bond acceptors (Lipinski definition) is 0. The van der Waals surface area contributed by atoms with Gasteiger partial charge in [0, 0.05) is 0 Å². The van der Waals surface area contributed by atoms with E-state index in [9.17, 15) is 0 Å². The summed E-state index contributed by atoms with van der Waals surface area (Å²) < 4.78 is 0. The maximum atomic E-state index is 1.64. The van der Waals surface area contributed by atoms with Crippen LogP contribution in [-0.4, -0.2) is 6.71 Å². The van der Waals surface area contributed by atoms with Gasteiger partial charge in [-0.15, -0.1) is 0 Å². The third kappa shape index (κ3) is 1.42. The zero-order valence-corrected chi connectivity index (χ0v) is 10.5. The Hall–Kier alpha value is 0.0649. The van der Waals surface area contributed by atoms with Crippen molar-refractivity contribution in [1.29, 1.82) is 0 Å². The fraction of sp³-hybridized carbons (Fsp3) is 1.00. The van der Waals surface area contributed by atoms with E-state index in [4.69, 9.17) is 0 Å². The summed E-state index contributed by atoms with van der Waals surface area (Å²) >= 11 is 0. The summed E-state index contributed by atoms with van der Waals surface area (Å²) in [6.45, 7) is 1.19. The molecule has 0 aromatic rings. The average Bonchev–Trinajstić information content (AvgIpc) is 2.91.